The molecule has 0 N–H and O–H groups in total. The maximum atomic E-state index is 11.4. The smallest absolute Gasteiger partial charge is 0.302 e. The van der Waals surface area contributed by atoms with Crippen molar-refractivity contribution in [2.75, 3.05) is 0 Å². The minimum Gasteiger partial charge on any atom is -0.461 e. The van der Waals surface area contributed by atoms with Crippen LogP contribution in [0.1, 0.15) is 39.5 Å². The second-order valence-corrected chi connectivity index (χ2v) is 7.89. The van der Waals surface area contributed by atoms with Crippen molar-refractivity contribution in [2.45, 2.75) is 73.4 Å². The van der Waals surface area contributed by atoms with Crippen LogP contribution in [0.15, 0.2) is 12.2 Å². The summed E-state index contributed by atoms with van der Waals surface area (Å²) < 4.78 is 11.5. The van der Waals surface area contributed by atoms with E-state index in [1.807, 2.05) is 0 Å². The van der Waals surface area contributed by atoms with Crippen molar-refractivity contribution < 1.29 is 14.3 Å². The molecule has 1 rings (SSSR count). The Bertz CT molecular complexity index is 450. The van der Waals surface area contributed by atoms with Gasteiger partial charge in [-0.05, 0) is 25.3 Å². The number of alkyl halides is 3. The lowest BCUT2D eigenvalue weighted by Gasteiger charge is -2.38. The topological polar surface area (TPSA) is 35.5 Å². The van der Waals surface area contributed by atoms with E-state index in [4.69, 9.17) is 39.1 Å². The van der Waals surface area contributed by atoms with Gasteiger partial charge in [0.25, 0.3) is 0 Å². The predicted octanol–water partition coefficient (Wildman–Crippen LogP) is 4.43. The van der Waals surface area contributed by atoms with Crippen molar-refractivity contribution in [3.8, 4) is 12.3 Å². The van der Waals surface area contributed by atoms with Gasteiger partial charge in [0.05, 0.1) is 23.0 Å². The lowest BCUT2D eigenvalue weighted by atomic mass is 9.96. The summed E-state index contributed by atoms with van der Waals surface area (Å²) in [5.74, 6) is 2.04. The second-order valence-electron chi connectivity index (χ2n) is 5.59. The third-order valence-corrected chi connectivity index (χ3v) is 5.65. The zero-order valence-electron chi connectivity index (χ0n) is 13.4. The Morgan fingerprint density at radius 3 is 2.83 bits per heavy atom. The predicted molar refractivity (Wildman–Crippen MR) is 98.3 cm³/mol. The van der Waals surface area contributed by atoms with Crippen molar-refractivity contribution in [1.29, 1.82) is 0 Å². The van der Waals surface area contributed by atoms with E-state index in [0.717, 1.165) is 12.8 Å². The van der Waals surface area contributed by atoms with Crippen LogP contribution in [0.2, 0.25) is 0 Å². The molecule has 23 heavy (non-hydrogen) atoms. The third kappa shape index (κ3) is 7.05. The minimum atomic E-state index is -0.466. The monoisotopic (exact) mass is 424 g/mol. The van der Waals surface area contributed by atoms with Crippen LogP contribution < -0.4 is 0 Å². The molecular formula is C17H23BrCl2O3. The summed E-state index contributed by atoms with van der Waals surface area (Å²) in [5, 5.41) is -0.525. The molecule has 2 unspecified atom stereocenters. The highest BCUT2D eigenvalue weighted by Gasteiger charge is 2.38. The highest BCUT2D eigenvalue weighted by Crippen LogP contribution is 2.34. The van der Waals surface area contributed by atoms with Crippen LogP contribution in [0, 0.1) is 12.3 Å². The van der Waals surface area contributed by atoms with Crippen molar-refractivity contribution in [1.82, 2.24) is 0 Å². The van der Waals surface area contributed by atoms with Gasteiger partial charge in [-0.2, -0.15) is 0 Å². The average Bonchev–Trinajstić information content (AvgIpc) is 2.48. The molecular weight excluding hydrogens is 403 g/mol. The van der Waals surface area contributed by atoms with E-state index in [2.05, 4.69) is 28.8 Å². The van der Waals surface area contributed by atoms with E-state index in [9.17, 15) is 4.79 Å². The number of esters is 1. The van der Waals surface area contributed by atoms with Crippen LogP contribution in [-0.2, 0) is 14.3 Å². The summed E-state index contributed by atoms with van der Waals surface area (Å²) in [6.07, 6.45) is 10.7. The van der Waals surface area contributed by atoms with Crippen LogP contribution in [0.25, 0.3) is 0 Å². The second kappa shape index (κ2) is 10.6. The molecule has 6 atom stereocenters. The Morgan fingerprint density at radius 1 is 1.57 bits per heavy atom. The number of hydrogen-bond donors (Lipinski definition) is 0. The molecule has 1 aliphatic rings. The number of carbonyl (C=O) groups is 1. The van der Waals surface area contributed by atoms with E-state index < -0.39 is 6.10 Å². The minimum absolute atomic E-state index is 0.100. The Morgan fingerprint density at radius 2 is 2.26 bits per heavy atom. The molecule has 0 saturated carbocycles. The zero-order chi connectivity index (χ0) is 17.4. The molecule has 0 spiro atoms. The van der Waals surface area contributed by atoms with Gasteiger partial charge in [0, 0.05) is 18.2 Å². The van der Waals surface area contributed by atoms with Crippen molar-refractivity contribution >= 4 is 45.1 Å². The summed E-state index contributed by atoms with van der Waals surface area (Å²) in [5.41, 5.74) is 0. The van der Waals surface area contributed by atoms with E-state index in [-0.39, 0.29) is 33.8 Å². The van der Waals surface area contributed by atoms with Crippen molar-refractivity contribution in [3.63, 3.8) is 0 Å². The number of carbonyl (C=O) groups excluding carboxylic acids is 1. The van der Waals surface area contributed by atoms with Gasteiger partial charge < -0.3 is 9.47 Å². The van der Waals surface area contributed by atoms with E-state index >= 15 is 0 Å². The highest BCUT2D eigenvalue weighted by molar-refractivity contribution is 9.09. The highest BCUT2D eigenvalue weighted by atomic mass is 79.9. The Kier molecular flexibility index (Phi) is 9.61. The largest absolute Gasteiger partial charge is 0.461 e. The molecule has 6 heteroatoms. The number of allylic oxidation sites excluding steroid dienone is 2. The maximum Gasteiger partial charge on any atom is 0.302 e. The van der Waals surface area contributed by atoms with Gasteiger partial charge in [0.1, 0.15) is 6.10 Å². The Hall–Kier alpha value is -0.210. The molecule has 3 nitrogen and oxygen atoms in total. The molecule has 1 saturated heterocycles. The normalized spacial score (nSPS) is 30.6. The van der Waals surface area contributed by atoms with E-state index in [0.29, 0.717) is 12.8 Å². The molecule has 0 aromatic rings. The Labute approximate surface area is 157 Å². The molecule has 1 heterocycles. The fraction of sp³-hybridized carbons (Fsp3) is 0.706. The fourth-order valence-corrected chi connectivity index (χ4v) is 4.33. The summed E-state index contributed by atoms with van der Waals surface area (Å²) >= 11 is 16.4. The van der Waals surface area contributed by atoms with Gasteiger partial charge in [-0.3, -0.25) is 4.79 Å². The van der Waals surface area contributed by atoms with Gasteiger partial charge in [0.2, 0.25) is 0 Å². The number of hydrogen-bond acceptors (Lipinski definition) is 3. The molecule has 0 amide bonds. The van der Waals surface area contributed by atoms with Crippen LogP contribution >= 0.6 is 39.1 Å². The first-order valence-electron chi connectivity index (χ1n) is 7.75. The summed E-state index contributed by atoms with van der Waals surface area (Å²) in [6, 6.07) is 0. The Balaban J connectivity index is 2.73. The fourth-order valence-electron chi connectivity index (χ4n) is 2.60. The molecule has 1 fully saturated rings. The van der Waals surface area contributed by atoms with E-state index in [1.54, 1.807) is 12.2 Å². The molecule has 0 aromatic heterocycles. The SMILES string of the molecule is C#C/C=C/CC(Cl)C(C[C@H]1O[C@@H](CC)[C@H](Br)C[C@H]1Cl)OC(C)=O. The quantitative estimate of drug-likeness (QED) is 0.343. The lowest BCUT2D eigenvalue weighted by Crippen LogP contribution is -2.45. The molecule has 0 bridgehead atoms. The lowest BCUT2D eigenvalue weighted by molar-refractivity contribution is -0.149. The van der Waals surface area contributed by atoms with Gasteiger partial charge in [-0.1, -0.05) is 34.9 Å². The molecule has 0 radical (unpaired) electrons. The number of rotatable bonds is 7. The van der Waals surface area contributed by atoms with Crippen molar-refractivity contribution in [2.24, 2.45) is 0 Å². The molecule has 130 valence electrons. The first kappa shape index (κ1) is 20.8. The zero-order valence-corrected chi connectivity index (χ0v) is 16.5. The molecule has 1 aliphatic heterocycles. The van der Waals surface area contributed by atoms with Crippen LogP contribution in [0.4, 0.5) is 0 Å². The van der Waals surface area contributed by atoms with Gasteiger partial charge >= 0.3 is 5.97 Å². The summed E-state index contributed by atoms with van der Waals surface area (Å²) in [7, 11) is 0. The first-order chi connectivity index (χ1) is 10.9. The van der Waals surface area contributed by atoms with E-state index in [1.165, 1.54) is 6.92 Å². The number of ether oxygens (including phenoxy) is 2. The number of halogens is 3. The van der Waals surface area contributed by atoms with Crippen LogP contribution in [-0.4, -0.2) is 39.9 Å². The van der Waals surface area contributed by atoms with Gasteiger partial charge in [0.15, 0.2) is 0 Å². The molecule has 0 aliphatic carbocycles. The van der Waals surface area contributed by atoms with Gasteiger partial charge in [-0.15, -0.1) is 29.6 Å². The van der Waals surface area contributed by atoms with Gasteiger partial charge in [-0.25, -0.2) is 0 Å². The van der Waals surface area contributed by atoms with Crippen LogP contribution in [0.3, 0.4) is 0 Å². The first-order valence-corrected chi connectivity index (χ1v) is 9.53. The molecule has 0 aromatic carbocycles. The maximum absolute atomic E-state index is 11.4. The third-order valence-electron chi connectivity index (χ3n) is 3.77. The summed E-state index contributed by atoms with van der Waals surface area (Å²) in [4.78, 5) is 11.6. The standard InChI is InChI=1S/C17H23BrCl2O3/c1-4-6-7-8-13(19)16(22-11(3)21)10-17-14(20)9-12(18)15(5-2)23-17/h1,6-7,12-17H,5,8-10H2,2-3H3/b7-6+/t12-,13?,14-,15+,16?,17-/m1/s1. The van der Waals surface area contributed by atoms with Crippen molar-refractivity contribution in [3.05, 3.63) is 12.2 Å². The number of terminal acetylenes is 1. The van der Waals surface area contributed by atoms with Crippen LogP contribution in [0.5, 0.6) is 0 Å². The average molecular weight is 426 g/mol. The summed E-state index contributed by atoms with van der Waals surface area (Å²) in [6.45, 7) is 3.44.